The predicted octanol–water partition coefficient (Wildman–Crippen LogP) is -1.93. The van der Waals surface area contributed by atoms with E-state index in [2.05, 4.69) is 49.8 Å². The molecule has 1 N–H and O–H groups in total. The second-order valence-corrected chi connectivity index (χ2v) is 1.44. The Kier molecular flexibility index (Phi) is 1270. The van der Waals surface area contributed by atoms with Gasteiger partial charge in [-0.05, 0) is 0 Å². The molecule has 0 unspecified atom stereocenters. The fraction of sp³-hybridized carbons (Fsp3) is 0.143. The summed E-state index contributed by atoms with van der Waals surface area (Å²) < 4.78 is 0.292. The number of aliphatic hydroxyl groups is 1. The molecular weight excluding hydrogens is 232 g/mol. The van der Waals surface area contributed by atoms with Crippen LogP contribution in [-0.2, 0) is 39.8 Å². The van der Waals surface area contributed by atoms with Gasteiger partial charge in [-0.2, -0.15) is 0 Å². The molecule has 0 fully saturated rings. The van der Waals surface area contributed by atoms with Crippen molar-refractivity contribution in [1.29, 1.82) is 0 Å². The van der Waals surface area contributed by atoms with E-state index in [0.29, 0.717) is 4.57 Å². The summed E-state index contributed by atoms with van der Waals surface area (Å²) in [6.07, 6.45) is 0. The molecule has 0 aromatic rings. The quantitative estimate of drug-likeness (QED) is 0.525. The van der Waals surface area contributed by atoms with Gasteiger partial charge in [-0.15, -0.1) is 0 Å². The second-order valence-electron chi connectivity index (χ2n) is 0.519. The summed E-state index contributed by atoms with van der Waals surface area (Å²) in [5, 5.41) is 7.92. The zero-order valence-electron chi connectivity index (χ0n) is 6.90. The maximum atomic E-state index is 7.92. The molecule has 10 radical (unpaired) electrons. The Bertz CT molecular complexity index is 74.6. The number of aliphatic hydroxyl groups excluding tert-OH is 1. The maximum absolute atomic E-state index is 7.92. The van der Waals surface area contributed by atoms with E-state index in [-0.39, 0.29) is 0 Å². The second kappa shape index (κ2) is 458. The molecule has 14 heavy (non-hydrogen) atoms. The molecule has 7 heteroatoms. The Morgan fingerprint density at radius 2 is 0.786 bits per heavy atom. The van der Waals surface area contributed by atoms with E-state index in [9.17, 15) is 0 Å². The molecule has 0 rings (SSSR count). The molecule has 0 aromatic carbocycles. The first kappa shape index (κ1) is 38.7. The van der Waals surface area contributed by atoms with Crippen LogP contribution in [0.5, 0.6) is 0 Å². The van der Waals surface area contributed by atoms with Gasteiger partial charge in [0.2, 0.25) is 0 Å². The molecule has 0 aliphatic rings. The standard InChI is InChI=1S/C2H4O.5CO.Cr/c1-2-3;5*1-2;/h3H,1H3;;;;;;. The predicted molar refractivity (Wildman–Crippen MR) is 41.1 cm³/mol. The molecule has 6 nitrogen and oxygen atoms in total. The summed E-state index contributed by atoms with van der Waals surface area (Å²) in [6.45, 7) is 24.1. The minimum Gasteiger partial charge on any atom is -0.281 e. The summed E-state index contributed by atoms with van der Waals surface area (Å²) in [5.74, 6) is 0. The van der Waals surface area contributed by atoms with Gasteiger partial charge < -0.3 is 0 Å². The number of rotatable bonds is 0. The first-order chi connectivity index (χ1) is 6.73. The number of hydrogen-bond acceptors (Lipinski definition) is 6. The van der Waals surface area contributed by atoms with Gasteiger partial charge in [-0.3, -0.25) is 24.0 Å². The van der Waals surface area contributed by atoms with Gasteiger partial charge in [0.1, 0.15) is 0 Å². The summed E-state index contributed by atoms with van der Waals surface area (Å²) in [7, 11) is 0. The van der Waals surface area contributed by atoms with Crippen molar-refractivity contribution < 1.29 is 44.9 Å². The third kappa shape index (κ3) is 610. The fourth-order valence-electron chi connectivity index (χ4n) is 0. The van der Waals surface area contributed by atoms with E-state index < -0.39 is 0 Å². The van der Waals surface area contributed by atoms with Crippen molar-refractivity contribution in [3.8, 4) is 0 Å². The molecule has 0 aliphatic carbocycles. The maximum Gasteiger partial charge on any atom is 0.281 e. The molecule has 0 aromatic heterocycles. The van der Waals surface area contributed by atoms with E-state index >= 15 is 0 Å². The smallest absolute Gasteiger partial charge is 0.281 e. The average molecular weight is 236 g/mol. The van der Waals surface area contributed by atoms with Crippen molar-refractivity contribution in [3.05, 3.63) is 0 Å². The summed E-state index contributed by atoms with van der Waals surface area (Å²) in [6, 6.07) is 0. The zero-order valence-corrected chi connectivity index (χ0v) is 8.17. The van der Waals surface area contributed by atoms with E-state index in [1.165, 1.54) is 0 Å². The molecule has 0 atom stereocenters. The largest absolute Gasteiger partial charge is 0.281 e. The molecule has 0 saturated carbocycles. The van der Waals surface area contributed by atoms with Gasteiger partial charge in [0, 0.05) is 0 Å². The van der Waals surface area contributed by atoms with Crippen LogP contribution in [0.1, 0.15) is 6.92 Å². The first-order valence-electron chi connectivity index (χ1n) is 1.95. The van der Waals surface area contributed by atoms with Crippen molar-refractivity contribution in [2.45, 2.75) is 6.92 Å². The van der Waals surface area contributed by atoms with Gasteiger partial charge >= 0.3 is 32.4 Å². The zero-order chi connectivity index (χ0) is 13.6. The van der Waals surface area contributed by atoms with Crippen LogP contribution < -0.4 is 0 Å². The minimum atomic E-state index is 0.292. The topological polar surface area (TPSA) is 106 Å². The van der Waals surface area contributed by atoms with Crippen molar-refractivity contribution in [3.63, 3.8) is 0 Å². The first-order valence-corrected chi connectivity index (χ1v) is 2.59. The van der Waals surface area contributed by atoms with Gasteiger partial charge in [0.25, 0.3) is 33.9 Å². The van der Waals surface area contributed by atoms with Gasteiger partial charge in [0.15, 0.2) is 0 Å². The minimum absolute atomic E-state index is 0.292. The van der Waals surface area contributed by atoms with Gasteiger partial charge in [0.05, 0.1) is 0 Å². The Morgan fingerprint density at radius 3 is 0.786 bits per heavy atom. The van der Waals surface area contributed by atoms with Crippen molar-refractivity contribution in [2.24, 2.45) is 0 Å². The van der Waals surface area contributed by atoms with Crippen LogP contribution in [0.3, 0.4) is 0 Å². The molecule has 0 bridgehead atoms. The van der Waals surface area contributed by atoms with E-state index in [0.717, 1.165) is 0 Å². The van der Waals surface area contributed by atoms with Crippen LogP contribution in [0.4, 0.5) is 0 Å². The van der Waals surface area contributed by atoms with Crippen LogP contribution in [0.25, 0.3) is 0 Å². The Labute approximate surface area is 90.9 Å². The molecule has 0 heterocycles. The Morgan fingerprint density at radius 1 is 0.786 bits per heavy atom. The molecule has 0 spiro atoms. The van der Waals surface area contributed by atoms with Crippen molar-refractivity contribution >= 4 is 38.5 Å². The Hall–Kier alpha value is -1.29. The fourth-order valence-corrected chi connectivity index (χ4v) is 0. The third-order valence-electron chi connectivity index (χ3n) is 0. The van der Waals surface area contributed by atoms with Crippen LogP contribution in [0.2, 0.25) is 0 Å². The van der Waals surface area contributed by atoms with Crippen molar-refractivity contribution in [2.75, 3.05) is 0 Å². The van der Waals surface area contributed by atoms with E-state index in [1.54, 1.807) is 6.92 Å². The normalized spacial score (nSPS) is 3.29. The van der Waals surface area contributed by atoms with Gasteiger partial charge in [-0.25, -0.2) is 0 Å². The van der Waals surface area contributed by atoms with Crippen LogP contribution in [-0.4, -0.2) is 43.6 Å². The number of carbonyl (C=O) groups excluding carboxylic acids is 5. The number of hydrogen-bond donors (Lipinski definition) is 1. The third-order valence-corrected chi connectivity index (χ3v) is 0. The Balaban J connectivity index is -0.0000000143. The average Bonchev–Trinajstić information content (AvgIpc) is 2.30. The van der Waals surface area contributed by atoms with E-state index in [4.69, 9.17) is 29.1 Å². The molecule has 74 valence electrons. The van der Waals surface area contributed by atoms with Crippen LogP contribution in [0, 0.1) is 0 Å². The molecular formula is C7H4CrO6. The molecule has 0 aliphatic heterocycles. The summed E-state index contributed by atoms with van der Waals surface area (Å²) >= 11 is 2.38. The van der Waals surface area contributed by atoms with Crippen LogP contribution in [0.15, 0.2) is 0 Å². The van der Waals surface area contributed by atoms with Crippen LogP contribution >= 0.6 is 0 Å². The molecule has 0 saturated heterocycles. The van der Waals surface area contributed by atoms with E-state index in [1.807, 2.05) is 0 Å². The SMILES string of the molecule is C[C](O)=[Cr].[C]=O.[C]=O.[C]=O.[C]=O.[C]=O. The molecule has 0 amide bonds. The summed E-state index contributed by atoms with van der Waals surface area (Å²) in [4.78, 5) is 37.5. The monoisotopic (exact) mass is 236 g/mol. The summed E-state index contributed by atoms with van der Waals surface area (Å²) in [5.41, 5.74) is 0. The van der Waals surface area contributed by atoms with Crippen molar-refractivity contribution in [1.82, 2.24) is 0 Å². The van der Waals surface area contributed by atoms with Gasteiger partial charge in [-0.1, -0.05) is 0 Å².